The molecule has 1 amide bonds. The van der Waals surface area contributed by atoms with E-state index >= 15 is 0 Å². The average molecular weight is 295 g/mol. The van der Waals surface area contributed by atoms with Crippen molar-refractivity contribution in [1.82, 2.24) is 4.90 Å². The second-order valence-corrected chi connectivity index (χ2v) is 5.83. The summed E-state index contributed by atoms with van der Waals surface area (Å²) in [4.78, 5) is 14.1. The summed E-state index contributed by atoms with van der Waals surface area (Å²) in [6.45, 7) is 2.58. The highest BCUT2D eigenvalue weighted by atomic mass is 19.1. The van der Waals surface area contributed by atoms with Crippen LogP contribution in [0.25, 0.3) is 0 Å². The molecule has 1 aliphatic carbocycles. The van der Waals surface area contributed by atoms with E-state index in [0.29, 0.717) is 11.6 Å². The molecule has 0 aromatic heterocycles. The van der Waals surface area contributed by atoms with Crippen LogP contribution in [-0.4, -0.2) is 41.7 Å². The number of halogens is 1. The van der Waals surface area contributed by atoms with Crippen LogP contribution in [0.15, 0.2) is 18.2 Å². The van der Waals surface area contributed by atoms with Gasteiger partial charge in [0.15, 0.2) is 0 Å². The van der Waals surface area contributed by atoms with Crippen molar-refractivity contribution < 1.29 is 14.3 Å². The molecule has 0 bridgehead atoms. The lowest BCUT2D eigenvalue weighted by molar-refractivity contribution is -0.120. The third kappa shape index (κ3) is 3.92. The Morgan fingerprint density at radius 3 is 2.81 bits per heavy atom. The first-order valence-corrected chi connectivity index (χ1v) is 7.11. The maximum atomic E-state index is 13.0. The molecule has 1 aromatic rings. The summed E-state index contributed by atoms with van der Waals surface area (Å²) in [5.41, 5.74) is 6.30. The monoisotopic (exact) mass is 295 g/mol. The number of rotatable bonds is 5. The highest BCUT2D eigenvalue weighted by Gasteiger charge is 2.30. The van der Waals surface area contributed by atoms with Gasteiger partial charge in [-0.1, -0.05) is 0 Å². The van der Waals surface area contributed by atoms with E-state index in [9.17, 15) is 14.3 Å². The third-order valence-electron chi connectivity index (χ3n) is 4.07. The van der Waals surface area contributed by atoms with Crippen LogP contribution in [0.2, 0.25) is 0 Å². The van der Waals surface area contributed by atoms with Crippen LogP contribution >= 0.6 is 0 Å². The van der Waals surface area contributed by atoms with E-state index in [1.807, 2.05) is 18.9 Å². The molecule has 0 aliphatic heterocycles. The first-order valence-electron chi connectivity index (χ1n) is 7.11. The Morgan fingerprint density at radius 2 is 2.24 bits per heavy atom. The number of hydrogen-bond donors (Lipinski definition) is 3. The normalized spacial score (nSPS) is 22.7. The Balaban J connectivity index is 1.89. The van der Waals surface area contributed by atoms with Crippen LogP contribution in [0, 0.1) is 11.7 Å². The van der Waals surface area contributed by atoms with Crippen LogP contribution in [-0.2, 0) is 4.79 Å². The molecule has 1 saturated carbocycles. The van der Waals surface area contributed by atoms with Crippen molar-refractivity contribution in [2.75, 3.05) is 24.6 Å². The highest BCUT2D eigenvalue weighted by Crippen LogP contribution is 2.28. The fourth-order valence-corrected chi connectivity index (χ4v) is 2.50. The van der Waals surface area contributed by atoms with Crippen molar-refractivity contribution in [1.29, 1.82) is 0 Å². The summed E-state index contributed by atoms with van der Waals surface area (Å²) in [6.07, 6.45) is 1.40. The molecule has 116 valence electrons. The van der Waals surface area contributed by atoms with Crippen molar-refractivity contribution in [2.45, 2.75) is 31.9 Å². The topological polar surface area (TPSA) is 78.6 Å². The zero-order valence-corrected chi connectivity index (χ0v) is 12.3. The molecule has 1 aromatic carbocycles. The molecule has 5 nitrogen and oxygen atoms in total. The summed E-state index contributed by atoms with van der Waals surface area (Å²) in [5, 5.41) is 12.0. The smallest absolute Gasteiger partial charge is 0.241 e. The number of nitrogens with one attached hydrogen (secondary N) is 1. The Kier molecular flexibility index (Phi) is 4.80. The van der Waals surface area contributed by atoms with E-state index < -0.39 is 5.82 Å². The standard InChI is InChI=1S/C15H22FN3O2/c1-9(19(2)8-10-5-12(20)6-10)15(21)18-14-4-3-11(16)7-13(14)17/h3-4,7,9-10,12,20H,5-6,8,17H2,1-2H3,(H,18,21). The van der Waals surface area contributed by atoms with Crippen LogP contribution < -0.4 is 11.1 Å². The summed E-state index contributed by atoms with van der Waals surface area (Å²) >= 11 is 0. The Morgan fingerprint density at radius 1 is 1.57 bits per heavy atom. The number of likely N-dealkylation sites (N-methyl/N-ethyl adjacent to an activating group) is 1. The van der Waals surface area contributed by atoms with Gasteiger partial charge < -0.3 is 16.2 Å². The first kappa shape index (κ1) is 15.7. The minimum atomic E-state index is -0.431. The molecule has 21 heavy (non-hydrogen) atoms. The number of carbonyl (C=O) groups is 1. The summed E-state index contributed by atoms with van der Waals surface area (Å²) in [5.74, 6) is -0.175. The van der Waals surface area contributed by atoms with E-state index in [0.717, 1.165) is 19.4 Å². The molecule has 0 spiro atoms. The van der Waals surface area contributed by atoms with Crippen molar-refractivity contribution in [2.24, 2.45) is 5.92 Å². The van der Waals surface area contributed by atoms with Gasteiger partial charge >= 0.3 is 0 Å². The van der Waals surface area contributed by atoms with Gasteiger partial charge in [-0.2, -0.15) is 0 Å². The SMILES string of the molecule is CC(C(=O)Nc1ccc(F)cc1N)N(C)CC1CC(O)C1. The quantitative estimate of drug-likeness (QED) is 0.718. The Labute approximate surface area is 123 Å². The Bertz CT molecular complexity index is 518. The predicted molar refractivity (Wildman–Crippen MR) is 80.3 cm³/mol. The second kappa shape index (κ2) is 6.41. The number of aliphatic hydroxyl groups is 1. The van der Waals surface area contributed by atoms with Gasteiger partial charge in [0.1, 0.15) is 5.82 Å². The zero-order valence-electron chi connectivity index (χ0n) is 12.3. The van der Waals surface area contributed by atoms with Gasteiger partial charge in [0.05, 0.1) is 23.5 Å². The van der Waals surface area contributed by atoms with Crippen LogP contribution in [0.5, 0.6) is 0 Å². The molecule has 0 saturated heterocycles. The maximum absolute atomic E-state index is 13.0. The van der Waals surface area contributed by atoms with Crippen molar-refractivity contribution in [3.63, 3.8) is 0 Å². The largest absolute Gasteiger partial charge is 0.397 e. The fourth-order valence-electron chi connectivity index (χ4n) is 2.50. The first-order chi connectivity index (χ1) is 9.86. The lowest BCUT2D eigenvalue weighted by Crippen LogP contribution is -2.45. The molecule has 0 radical (unpaired) electrons. The number of anilines is 2. The molecular weight excluding hydrogens is 273 g/mol. The molecule has 4 N–H and O–H groups in total. The zero-order chi connectivity index (χ0) is 15.6. The number of benzene rings is 1. The molecule has 0 heterocycles. The summed E-state index contributed by atoms with van der Waals surface area (Å²) < 4.78 is 13.0. The van der Waals surface area contributed by atoms with Crippen LogP contribution in [0.3, 0.4) is 0 Å². The minimum Gasteiger partial charge on any atom is -0.397 e. The fraction of sp³-hybridized carbons (Fsp3) is 0.533. The van der Waals surface area contributed by atoms with E-state index in [4.69, 9.17) is 5.73 Å². The van der Waals surface area contributed by atoms with E-state index in [1.165, 1.54) is 18.2 Å². The minimum absolute atomic E-state index is 0.185. The molecular formula is C15H22FN3O2. The van der Waals surface area contributed by atoms with Gasteiger partial charge in [-0.05, 0) is 50.9 Å². The van der Waals surface area contributed by atoms with Crippen LogP contribution in [0.4, 0.5) is 15.8 Å². The summed E-state index contributed by atoms with van der Waals surface area (Å²) in [6, 6.07) is 3.57. The Hall–Kier alpha value is -1.66. The predicted octanol–water partition coefficient (Wildman–Crippen LogP) is 1.44. The van der Waals surface area contributed by atoms with Gasteiger partial charge in [-0.15, -0.1) is 0 Å². The van der Waals surface area contributed by atoms with Gasteiger partial charge in [0.2, 0.25) is 5.91 Å². The van der Waals surface area contributed by atoms with Crippen molar-refractivity contribution >= 4 is 17.3 Å². The van der Waals surface area contributed by atoms with E-state index in [-0.39, 0.29) is 23.7 Å². The molecule has 6 heteroatoms. The van der Waals surface area contributed by atoms with Gasteiger partial charge in [-0.3, -0.25) is 9.69 Å². The van der Waals surface area contributed by atoms with Gasteiger partial charge in [-0.25, -0.2) is 4.39 Å². The van der Waals surface area contributed by atoms with Crippen molar-refractivity contribution in [3.05, 3.63) is 24.0 Å². The van der Waals surface area contributed by atoms with Crippen molar-refractivity contribution in [3.8, 4) is 0 Å². The number of carbonyl (C=O) groups excluding carboxylic acids is 1. The van der Waals surface area contributed by atoms with Crippen LogP contribution in [0.1, 0.15) is 19.8 Å². The average Bonchev–Trinajstić information content (AvgIpc) is 2.39. The number of nitrogen functional groups attached to an aromatic ring is 1. The number of aliphatic hydroxyl groups excluding tert-OH is 1. The van der Waals surface area contributed by atoms with E-state index in [1.54, 1.807) is 0 Å². The lowest BCUT2D eigenvalue weighted by atomic mass is 9.82. The number of nitrogens with two attached hydrogens (primary N) is 1. The molecule has 1 unspecified atom stereocenters. The number of amides is 1. The van der Waals surface area contributed by atoms with Gasteiger partial charge in [0, 0.05) is 6.54 Å². The molecule has 1 atom stereocenters. The van der Waals surface area contributed by atoms with Gasteiger partial charge in [0.25, 0.3) is 0 Å². The third-order valence-corrected chi connectivity index (χ3v) is 4.07. The molecule has 1 fully saturated rings. The lowest BCUT2D eigenvalue weighted by Gasteiger charge is -2.36. The maximum Gasteiger partial charge on any atom is 0.241 e. The molecule has 2 rings (SSSR count). The highest BCUT2D eigenvalue weighted by molar-refractivity contribution is 5.97. The van der Waals surface area contributed by atoms with E-state index in [2.05, 4.69) is 5.32 Å². The molecule has 1 aliphatic rings. The number of nitrogens with zero attached hydrogens (tertiary/aromatic N) is 1. The number of hydrogen-bond acceptors (Lipinski definition) is 4. The second-order valence-electron chi connectivity index (χ2n) is 5.83. The summed E-state index contributed by atoms with van der Waals surface area (Å²) in [7, 11) is 1.88.